The summed E-state index contributed by atoms with van der Waals surface area (Å²) in [6.07, 6.45) is 11.3. The first-order valence-electron chi connectivity index (χ1n) is 11.7. The van der Waals surface area contributed by atoms with Gasteiger partial charge in [0.15, 0.2) is 0 Å². The molecule has 0 amide bonds. The predicted octanol–water partition coefficient (Wildman–Crippen LogP) is 7.55. The number of esters is 1. The summed E-state index contributed by atoms with van der Waals surface area (Å²) in [6, 6.07) is 15.3. The smallest absolute Gasteiger partial charge is 0.343 e. The molecule has 3 heteroatoms. The molecule has 0 spiro atoms. The van der Waals surface area contributed by atoms with Crippen LogP contribution >= 0.6 is 0 Å². The van der Waals surface area contributed by atoms with E-state index in [1.807, 2.05) is 24.3 Å². The van der Waals surface area contributed by atoms with Crippen molar-refractivity contribution < 1.29 is 14.3 Å². The minimum Gasteiger partial charge on any atom is -0.494 e. The summed E-state index contributed by atoms with van der Waals surface area (Å²) < 4.78 is 11.2. The molecule has 0 saturated heterocycles. The molecule has 1 aliphatic carbocycles. The van der Waals surface area contributed by atoms with Crippen molar-refractivity contribution in [3.05, 3.63) is 59.7 Å². The topological polar surface area (TPSA) is 35.5 Å². The van der Waals surface area contributed by atoms with E-state index in [4.69, 9.17) is 9.47 Å². The zero-order valence-corrected chi connectivity index (χ0v) is 18.6. The third kappa shape index (κ3) is 6.62. The molecule has 1 fully saturated rings. The average Bonchev–Trinajstić information content (AvgIpc) is 2.79. The summed E-state index contributed by atoms with van der Waals surface area (Å²) in [5.41, 5.74) is 1.95. The first-order chi connectivity index (χ1) is 14.7. The zero-order valence-electron chi connectivity index (χ0n) is 18.6. The number of hydrogen-bond donors (Lipinski definition) is 0. The van der Waals surface area contributed by atoms with Gasteiger partial charge in [0.25, 0.3) is 0 Å². The summed E-state index contributed by atoms with van der Waals surface area (Å²) >= 11 is 0. The summed E-state index contributed by atoms with van der Waals surface area (Å²) in [5.74, 6) is 2.58. The quantitative estimate of drug-likeness (QED) is 0.231. The van der Waals surface area contributed by atoms with Gasteiger partial charge in [0.2, 0.25) is 0 Å². The second-order valence-electron chi connectivity index (χ2n) is 8.54. The number of benzene rings is 2. The minimum absolute atomic E-state index is 0.315. The Labute approximate surface area is 181 Å². The lowest BCUT2D eigenvalue weighted by atomic mass is 9.77. The summed E-state index contributed by atoms with van der Waals surface area (Å²) in [4.78, 5) is 12.5. The molecule has 1 aliphatic rings. The van der Waals surface area contributed by atoms with Crippen molar-refractivity contribution in [2.75, 3.05) is 6.61 Å². The third-order valence-corrected chi connectivity index (χ3v) is 6.21. The molecule has 3 rings (SSSR count). The van der Waals surface area contributed by atoms with Crippen molar-refractivity contribution in [1.29, 1.82) is 0 Å². The van der Waals surface area contributed by atoms with Gasteiger partial charge in [-0.15, -0.1) is 0 Å². The fourth-order valence-corrected chi connectivity index (χ4v) is 4.40. The second kappa shape index (κ2) is 11.8. The van der Waals surface area contributed by atoms with Gasteiger partial charge in [-0.3, -0.25) is 0 Å². The van der Waals surface area contributed by atoms with Crippen LogP contribution in [0.5, 0.6) is 11.5 Å². The highest BCUT2D eigenvalue weighted by Crippen LogP contribution is 2.37. The number of rotatable bonds is 10. The highest BCUT2D eigenvalue weighted by molar-refractivity contribution is 5.91. The molecular weight excluding hydrogens is 372 g/mol. The van der Waals surface area contributed by atoms with Gasteiger partial charge in [0.1, 0.15) is 11.5 Å². The molecule has 1 saturated carbocycles. The highest BCUT2D eigenvalue weighted by atomic mass is 16.5. The van der Waals surface area contributed by atoms with E-state index in [1.54, 1.807) is 12.1 Å². The van der Waals surface area contributed by atoms with Crippen molar-refractivity contribution in [3.63, 3.8) is 0 Å². The fourth-order valence-electron chi connectivity index (χ4n) is 4.40. The average molecular weight is 409 g/mol. The molecule has 2 aromatic carbocycles. The van der Waals surface area contributed by atoms with E-state index in [9.17, 15) is 4.79 Å². The number of ether oxygens (including phenoxy) is 2. The number of unbranched alkanes of at least 4 members (excludes halogenated alkanes) is 2. The van der Waals surface area contributed by atoms with E-state index in [0.29, 0.717) is 17.2 Å². The van der Waals surface area contributed by atoms with Gasteiger partial charge in [-0.25, -0.2) is 4.79 Å². The molecule has 0 unspecified atom stereocenters. The normalized spacial score (nSPS) is 18.7. The Hall–Kier alpha value is -2.29. The fraction of sp³-hybridized carbons (Fsp3) is 0.519. The summed E-state index contributed by atoms with van der Waals surface area (Å²) in [5, 5.41) is 0. The Bertz CT molecular complexity index is 756. The van der Waals surface area contributed by atoms with Crippen LogP contribution in [0.4, 0.5) is 0 Å². The minimum atomic E-state index is -0.315. The summed E-state index contributed by atoms with van der Waals surface area (Å²) in [7, 11) is 0. The van der Waals surface area contributed by atoms with Gasteiger partial charge < -0.3 is 9.47 Å². The molecule has 0 N–H and O–H groups in total. The Morgan fingerprint density at radius 2 is 1.50 bits per heavy atom. The SMILES string of the molecule is CCCCCOc1ccc(OC(=O)c2ccc(C3CCC(CCC)CC3)cc2)cc1. The summed E-state index contributed by atoms with van der Waals surface area (Å²) in [6.45, 7) is 5.18. The molecule has 0 aliphatic heterocycles. The first-order valence-corrected chi connectivity index (χ1v) is 11.7. The lowest BCUT2D eigenvalue weighted by molar-refractivity contribution is 0.0734. The van der Waals surface area contributed by atoms with E-state index in [0.717, 1.165) is 24.7 Å². The monoisotopic (exact) mass is 408 g/mol. The van der Waals surface area contributed by atoms with Crippen LogP contribution in [0.15, 0.2) is 48.5 Å². The Balaban J connectivity index is 1.49. The van der Waals surface area contributed by atoms with E-state index in [2.05, 4.69) is 26.0 Å². The number of hydrogen-bond acceptors (Lipinski definition) is 3. The van der Waals surface area contributed by atoms with Crippen LogP contribution in [-0.2, 0) is 0 Å². The van der Waals surface area contributed by atoms with Crippen molar-refractivity contribution in [2.45, 2.75) is 77.6 Å². The molecule has 0 bridgehead atoms. The maximum Gasteiger partial charge on any atom is 0.343 e. The van der Waals surface area contributed by atoms with E-state index in [-0.39, 0.29) is 5.97 Å². The number of carbonyl (C=O) groups excluding carboxylic acids is 1. The maximum absolute atomic E-state index is 12.5. The first kappa shape index (κ1) is 22.4. The van der Waals surface area contributed by atoms with Crippen LogP contribution in [0, 0.1) is 5.92 Å². The van der Waals surface area contributed by atoms with Gasteiger partial charge in [-0.1, -0.05) is 51.7 Å². The van der Waals surface area contributed by atoms with Gasteiger partial charge in [-0.05, 0) is 85.9 Å². The van der Waals surface area contributed by atoms with Crippen LogP contribution in [-0.4, -0.2) is 12.6 Å². The molecule has 0 radical (unpaired) electrons. The lowest BCUT2D eigenvalue weighted by Gasteiger charge is -2.28. The van der Waals surface area contributed by atoms with Crippen molar-refractivity contribution >= 4 is 5.97 Å². The van der Waals surface area contributed by atoms with Crippen molar-refractivity contribution in [3.8, 4) is 11.5 Å². The zero-order chi connectivity index (χ0) is 21.2. The van der Waals surface area contributed by atoms with Crippen LogP contribution in [0.3, 0.4) is 0 Å². The molecular formula is C27H36O3. The second-order valence-corrected chi connectivity index (χ2v) is 8.54. The van der Waals surface area contributed by atoms with Gasteiger partial charge in [0, 0.05) is 0 Å². The van der Waals surface area contributed by atoms with Crippen LogP contribution < -0.4 is 9.47 Å². The van der Waals surface area contributed by atoms with Gasteiger partial charge in [-0.2, -0.15) is 0 Å². The van der Waals surface area contributed by atoms with Gasteiger partial charge in [0.05, 0.1) is 12.2 Å². The standard InChI is InChI=1S/C27H36O3/c1-3-5-6-20-29-25-16-18-26(19-17-25)30-27(28)24-14-12-23(13-15-24)22-10-8-21(7-4-2)9-11-22/h12-19,21-22H,3-11,20H2,1-2H3. The van der Waals surface area contributed by atoms with Crippen LogP contribution in [0.25, 0.3) is 0 Å². The van der Waals surface area contributed by atoms with E-state index in [1.165, 1.54) is 56.9 Å². The molecule has 162 valence electrons. The van der Waals surface area contributed by atoms with E-state index < -0.39 is 0 Å². The highest BCUT2D eigenvalue weighted by Gasteiger charge is 2.22. The number of carbonyl (C=O) groups is 1. The predicted molar refractivity (Wildman–Crippen MR) is 122 cm³/mol. The Morgan fingerprint density at radius 1 is 0.833 bits per heavy atom. The van der Waals surface area contributed by atoms with Crippen molar-refractivity contribution in [1.82, 2.24) is 0 Å². The van der Waals surface area contributed by atoms with Crippen LogP contribution in [0.1, 0.15) is 93.5 Å². The molecule has 3 nitrogen and oxygen atoms in total. The van der Waals surface area contributed by atoms with Crippen LogP contribution in [0.2, 0.25) is 0 Å². The molecule has 30 heavy (non-hydrogen) atoms. The third-order valence-electron chi connectivity index (χ3n) is 6.21. The molecule has 0 atom stereocenters. The maximum atomic E-state index is 12.5. The largest absolute Gasteiger partial charge is 0.494 e. The molecule has 0 heterocycles. The Kier molecular flexibility index (Phi) is 8.80. The van der Waals surface area contributed by atoms with Crippen molar-refractivity contribution in [2.24, 2.45) is 5.92 Å². The lowest BCUT2D eigenvalue weighted by Crippen LogP contribution is -2.13. The van der Waals surface area contributed by atoms with Gasteiger partial charge >= 0.3 is 5.97 Å². The molecule has 0 aromatic heterocycles. The Morgan fingerprint density at radius 3 is 2.13 bits per heavy atom. The molecule has 2 aromatic rings. The van der Waals surface area contributed by atoms with E-state index >= 15 is 0 Å².